The highest BCUT2D eigenvalue weighted by molar-refractivity contribution is 6.30. The van der Waals surface area contributed by atoms with Crippen molar-refractivity contribution in [3.05, 3.63) is 64.7 Å². The molecule has 0 bridgehead atoms. The van der Waals surface area contributed by atoms with E-state index in [0.717, 1.165) is 31.2 Å². The van der Waals surface area contributed by atoms with Gasteiger partial charge in [0.25, 0.3) is 0 Å². The fourth-order valence-electron chi connectivity index (χ4n) is 3.61. The molecule has 0 aromatic heterocycles. The molecule has 1 unspecified atom stereocenters. The van der Waals surface area contributed by atoms with E-state index >= 15 is 0 Å². The maximum atomic E-state index is 12.7. The van der Waals surface area contributed by atoms with Crippen molar-refractivity contribution in [2.75, 3.05) is 0 Å². The molecule has 2 aromatic rings. The molecular formula is C21H24ClNO3. The Hall–Kier alpha value is -2.04. The summed E-state index contributed by atoms with van der Waals surface area (Å²) in [7, 11) is 0. The van der Waals surface area contributed by atoms with Crippen LogP contribution < -0.4 is 5.32 Å². The van der Waals surface area contributed by atoms with Crippen molar-refractivity contribution in [3.8, 4) is 5.75 Å². The molecule has 0 heterocycles. The molecule has 1 fully saturated rings. The molecule has 138 valence electrons. The summed E-state index contributed by atoms with van der Waals surface area (Å²) in [6.45, 7) is 0. The van der Waals surface area contributed by atoms with Crippen LogP contribution >= 0.6 is 11.6 Å². The highest BCUT2D eigenvalue weighted by atomic mass is 35.5. The molecule has 5 heteroatoms. The second-order valence-corrected chi connectivity index (χ2v) is 7.38. The van der Waals surface area contributed by atoms with E-state index in [4.69, 9.17) is 11.6 Å². The summed E-state index contributed by atoms with van der Waals surface area (Å²) in [6, 6.07) is 14.6. The second kappa shape index (κ2) is 8.56. The lowest BCUT2D eigenvalue weighted by molar-refractivity contribution is -0.122. The number of para-hydroxylation sites is 1. The van der Waals surface area contributed by atoms with Crippen molar-refractivity contribution in [3.63, 3.8) is 0 Å². The Balaban J connectivity index is 1.78. The van der Waals surface area contributed by atoms with Crippen LogP contribution in [0.1, 0.15) is 49.1 Å². The number of aliphatic hydroxyl groups is 1. The molecule has 0 saturated heterocycles. The molecule has 1 aliphatic carbocycles. The topological polar surface area (TPSA) is 69.6 Å². The van der Waals surface area contributed by atoms with Crippen molar-refractivity contribution in [1.29, 1.82) is 0 Å². The number of amides is 1. The number of benzene rings is 2. The van der Waals surface area contributed by atoms with Gasteiger partial charge in [-0.3, -0.25) is 4.79 Å². The van der Waals surface area contributed by atoms with Gasteiger partial charge in [-0.05, 0) is 49.4 Å². The largest absolute Gasteiger partial charge is 0.508 e. The predicted molar refractivity (Wildman–Crippen MR) is 102 cm³/mol. The number of phenolic OH excluding ortho intramolecular Hbond substituents is 1. The number of aliphatic hydroxyl groups excluding tert-OH is 1. The first-order valence-electron chi connectivity index (χ1n) is 9.03. The zero-order valence-corrected chi connectivity index (χ0v) is 15.3. The minimum absolute atomic E-state index is 0.0559. The number of hydrogen-bond donors (Lipinski definition) is 3. The lowest BCUT2D eigenvalue weighted by Gasteiger charge is -2.27. The zero-order valence-electron chi connectivity index (χ0n) is 14.6. The van der Waals surface area contributed by atoms with Crippen LogP contribution in [-0.4, -0.2) is 28.3 Å². The number of carbonyl (C=O) groups is 1. The van der Waals surface area contributed by atoms with E-state index in [1.54, 1.807) is 18.2 Å². The van der Waals surface area contributed by atoms with Crippen LogP contribution in [0.25, 0.3) is 0 Å². The van der Waals surface area contributed by atoms with Crippen LogP contribution in [0.3, 0.4) is 0 Å². The molecule has 1 amide bonds. The quantitative estimate of drug-likeness (QED) is 0.742. The summed E-state index contributed by atoms with van der Waals surface area (Å²) in [6.07, 6.45) is 3.03. The van der Waals surface area contributed by atoms with Gasteiger partial charge < -0.3 is 15.5 Å². The maximum absolute atomic E-state index is 12.7. The number of halogens is 1. The van der Waals surface area contributed by atoms with Crippen LogP contribution in [0.5, 0.6) is 5.75 Å². The molecule has 4 nitrogen and oxygen atoms in total. The summed E-state index contributed by atoms with van der Waals surface area (Å²) in [4.78, 5) is 12.7. The molecule has 1 atom stereocenters. The Bertz CT molecular complexity index is 756. The van der Waals surface area contributed by atoms with Gasteiger partial charge in [-0.2, -0.15) is 0 Å². The van der Waals surface area contributed by atoms with Gasteiger partial charge in [-0.25, -0.2) is 0 Å². The Kier molecular flexibility index (Phi) is 6.17. The van der Waals surface area contributed by atoms with Gasteiger partial charge in [0.15, 0.2) is 0 Å². The molecule has 3 N–H and O–H groups in total. The third-order valence-electron chi connectivity index (χ3n) is 5.01. The molecule has 1 saturated carbocycles. The lowest BCUT2D eigenvalue weighted by Crippen LogP contribution is -2.39. The summed E-state index contributed by atoms with van der Waals surface area (Å²) in [5.74, 6) is -0.158. The Morgan fingerprint density at radius 3 is 2.54 bits per heavy atom. The fraction of sp³-hybridized carbons (Fsp3) is 0.381. The van der Waals surface area contributed by atoms with E-state index in [-0.39, 0.29) is 36.1 Å². The van der Waals surface area contributed by atoms with Crippen molar-refractivity contribution in [2.45, 2.75) is 50.2 Å². The normalized spacial score (nSPS) is 21.2. The van der Waals surface area contributed by atoms with Gasteiger partial charge in [-0.1, -0.05) is 41.9 Å². The Morgan fingerprint density at radius 2 is 1.85 bits per heavy atom. The molecule has 0 aliphatic heterocycles. The summed E-state index contributed by atoms with van der Waals surface area (Å²) >= 11 is 6.14. The van der Waals surface area contributed by atoms with E-state index in [9.17, 15) is 15.0 Å². The monoisotopic (exact) mass is 373 g/mol. The van der Waals surface area contributed by atoms with Gasteiger partial charge in [-0.15, -0.1) is 0 Å². The van der Waals surface area contributed by atoms with E-state index in [1.807, 2.05) is 30.3 Å². The SMILES string of the molecule is O=C(CC(c1cccc(Cl)c1)c1ccccc1O)NC1CCC(O)CC1. The van der Waals surface area contributed by atoms with Crippen molar-refractivity contribution in [2.24, 2.45) is 0 Å². The average Bonchev–Trinajstić information content (AvgIpc) is 2.62. The minimum Gasteiger partial charge on any atom is -0.508 e. The number of hydrogen-bond acceptors (Lipinski definition) is 3. The molecule has 0 spiro atoms. The standard InChI is InChI=1S/C21H24ClNO3/c22-15-5-3-4-14(12-15)19(18-6-1-2-7-20(18)25)13-21(26)23-16-8-10-17(24)11-9-16/h1-7,12,16-17,19,24-25H,8-11,13H2,(H,23,26). The number of carbonyl (C=O) groups excluding carboxylic acids is 1. The average molecular weight is 374 g/mol. The maximum Gasteiger partial charge on any atom is 0.221 e. The van der Waals surface area contributed by atoms with Crippen LogP contribution in [0.4, 0.5) is 0 Å². The number of aromatic hydroxyl groups is 1. The molecule has 26 heavy (non-hydrogen) atoms. The van der Waals surface area contributed by atoms with Gasteiger partial charge in [0.05, 0.1) is 6.10 Å². The van der Waals surface area contributed by atoms with Crippen LogP contribution in [0, 0.1) is 0 Å². The van der Waals surface area contributed by atoms with Gasteiger partial charge in [0.2, 0.25) is 5.91 Å². The fourth-order valence-corrected chi connectivity index (χ4v) is 3.80. The van der Waals surface area contributed by atoms with Gasteiger partial charge in [0, 0.05) is 29.0 Å². The molecular weight excluding hydrogens is 350 g/mol. The predicted octanol–water partition coefficient (Wildman–Crippen LogP) is 3.99. The molecule has 0 radical (unpaired) electrons. The van der Waals surface area contributed by atoms with Crippen LogP contribution in [-0.2, 0) is 4.79 Å². The number of phenols is 1. The first kappa shape index (κ1) is 18.7. The van der Waals surface area contributed by atoms with Crippen molar-refractivity contribution >= 4 is 17.5 Å². The third kappa shape index (κ3) is 4.77. The number of nitrogens with one attached hydrogen (secondary N) is 1. The van der Waals surface area contributed by atoms with Crippen molar-refractivity contribution in [1.82, 2.24) is 5.32 Å². The van der Waals surface area contributed by atoms with E-state index in [0.29, 0.717) is 10.6 Å². The Morgan fingerprint density at radius 1 is 1.12 bits per heavy atom. The Labute approximate surface area is 158 Å². The van der Waals surface area contributed by atoms with E-state index in [1.165, 1.54) is 0 Å². The summed E-state index contributed by atoms with van der Waals surface area (Å²) in [5, 5.41) is 23.6. The summed E-state index contributed by atoms with van der Waals surface area (Å²) < 4.78 is 0. The second-order valence-electron chi connectivity index (χ2n) is 6.94. The zero-order chi connectivity index (χ0) is 18.5. The van der Waals surface area contributed by atoms with E-state index < -0.39 is 0 Å². The number of rotatable bonds is 5. The van der Waals surface area contributed by atoms with Crippen LogP contribution in [0.15, 0.2) is 48.5 Å². The third-order valence-corrected chi connectivity index (χ3v) is 5.25. The first-order chi connectivity index (χ1) is 12.5. The van der Waals surface area contributed by atoms with Crippen LogP contribution in [0.2, 0.25) is 5.02 Å². The van der Waals surface area contributed by atoms with E-state index in [2.05, 4.69) is 5.32 Å². The van der Waals surface area contributed by atoms with Gasteiger partial charge in [0.1, 0.15) is 5.75 Å². The molecule has 3 rings (SSSR count). The highest BCUT2D eigenvalue weighted by Gasteiger charge is 2.25. The van der Waals surface area contributed by atoms with Crippen molar-refractivity contribution < 1.29 is 15.0 Å². The highest BCUT2D eigenvalue weighted by Crippen LogP contribution is 2.34. The minimum atomic E-state index is -0.274. The molecule has 2 aromatic carbocycles. The molecule has 1 aliphatic rings. The smallest absolute Gasteiger partial charge is 0.221 e. The first-order valence-corrected chi connectivity index (χ1v) is 9.41. The van der Waals surface area contributed by atoms with Gasteiger partial charge >= 0.3 is 0 Å². The summed E-state index contributed by atoms with van der Waals surface area (Å²) in [5.41, 5.74) is 1.61. The lowest BCUT2D eigenvalue weighted by atomic mass is 9.87.